The fraction of sp³-hybridized carbons (Fsp3) is 0.368. The normalized spacial score (nSPS) is 9.75. The van der Waals surface area contributed by atoms with Crippen LogP contribution < -0.4 is 5.73 Å². The molecule has 2 N–H and O–H groups in total. The summed E-state index contributed by atoms with van der Waals surface area (Å²) in [4.78, 5) is 0. The molecule has 0 atom stereocenters. The van der Waals surface area contributed by atoms with Crippen molar-refractivity contribution in [3.63, 3.8) is 0 Å². The summed E-state index contributed by atoms with van der Waals surface area (Å²) in [6.07, 6.45) is 0.325. The van der Waals surface area contributed by atoms with E-state index in [9.17, 15) is 17.6 Å². The quantitative estimate of drug-likeness (QED) is 0.700. The lowest BCUT2D eigenvalue weighted by atomic mass is 9.88. The molecular weight excluding hydrogens is 318 g/mol. The Morgan fingerprint density at radius 1 is 0.667 bits per heavy atom. The zero-order valence-corrected chi connectivity index (χ0v) is 14.5. The van der Waals surface area contributed by atoms with Crippen LogP contribution in [0.25, 0.3) is 0 Å². The summed E-state index contributed by atoms with van der Waals surface area (Å²) in [5.41, 5.74) is 6.09. The van der Waals surface area contributed by atoms with Crippen LogP contribution in [0.15, 0.2) is 36.4 Å². The number of rotatable bonds is 4. The van der Waals surface area contributed by atoms with Crippen LogP contribution in [0.2, 0.25) is 0 Å². The molecule has 5 heteroatoms. The van der Waals surface area contributed by atoms with Gasteiger partial charge in [-0.25, -0.2) is 17.6 Å². The predicted molar refractivity (Wildman–Crippen MR) is 90.9 cm³/mol. The van der Waals surface area contributed by atoms with Crippen molar-refractivity contribution in [2.45, 2.75) is 40.0 Å². The van der Waals surface area contributed by atoms with E-state index in [4.69, 9.17) is 5.73 Å². The Morgan fingerprint density at radius 3 is 1.21 bits per heavy atom. The predicted octanol–water partition coefficient (Wildman–Crippen LogP) is 5.78. The minimum absolute atomic E-state index is 0.223. The Balaban J connectivity index is 0.00000123. The van der Waals surface area contributed by atoms with E-state index in [1.807, 2.05) is 27.7 Å². The first-order valence-electron chi connectivity index (χ1n) is 8.11. The van der Waals surface area contributed by atoms with Crippen LogP contribution in [0.4, 0.5) is 17.6 Å². The van der Waals surface area contributed by atoms with Crippen LogP contribution in [0.5, 0.6) is 0 Å². The molecule has 0 aliphatic heterocycles. The van der Waals surface area contributed by atoms with Gasteiger partial charge < -0.3 is 5.73 Å². The number of hydrogen-bond acceptors (Lipinski definition) is 1. The first-order chi connectivity index (χ1) is 11.5. The van der Waals surface area contributed by atoms with E-state index >= 15 is 0 Å². The summed E-state index contributed by atoms with van der Waals surface area (Å²) < 4.78 is 53.1. The van der Waals surface area contributed by atoms with Gasteiger partial charge in [-0.3, -0.25) is 0 Å². The molecule has 0 aromatic heterocycles. The number of benzene rings is 2. The molecule has 0 radical (unpaired) electrons. The highest BCUT2D eigenvalue weighted by Crippen LogP contribution is 2.29. The van der Waals surface area contributed by atoms with Crippen molar-refractivity contribution in [2.75, 3.05) is 6.54 Å². The van der Waals surface area contributed by atoms with Gasteiger partial charge >= 0.3 is 0 Å². The first kappa shape index (κ1) is 22.1. The molecule has 0 fully saturated rings. The van der Waals surface area contributed by atoms with E-state index in [1.165, 1.54) is 0 Å². The van der Waals surface area contributed by atoms with Gasteiger partial charge in [0.15, 0.2) is 0 Å². The molecular formula is C19H25F4N. The lowest BCUT2D eigenvalue weighted by molar-refractivity contribution is 0.567. The minimum Gasteiger partial charge on any atom is -0.330 e. The van der Waals surface area contributed by atoms with E-state index in [1.54, 1.807) is 0 Å². The molecule has 0 unspecified atom stereocenters. The molecule has 2 rings (SSSR count). The van der Waals surface area contributed by atoms with Crippen molar-refractivity contribution in [3.8, 4) is 0 Å². The van der Waals surface area contributed by atoms with Gasteiger partial charge in [-0.05, 0) is 48.4 Å². The van der Waals surface area contributed by atoms with Crippen LogP contribution in [0, 0.1) is 23.3 Å². The summed E-state index contributed by atoms with van der Waals surface area (Å²) in [5, 5.41) is 0. The van der Waals surface area contributed by atoms with Crippen LogP contribution >= 0.6 is 0 Å². The maximum absolute atomic E-state index is 13.3. The second-order valence-corrected chi connectivity index (χ2v) is 4.54. The molecule has 0 saturated carbocycles. The van der Waals surface area contributed by atoms with E-state index in [-0.39, 0.29) is 6.54 Å². The average molecular weight is 343 g/mol. The summed E-state index contributed by atoms with van der Waals surface area (Å²) in [6, 6.07) is 6.07. The standard InChI is InChI=1S/C15H13F4N.2C2H6/c16-11-3-9(4-12(17)7-11)15(1-2-20)10-5-13(18)8-14(19)6-10;2*1-2/h3-8,15H,1-2,20H2;2*1-2H3. The van der Waals surface area contributed by atoms with Crippen molar-refractivity contribution >= 4 is 0 Å². The molecule has 0 heterocycles. The first-order valence-corrected chi connectivity index (χ1v) is 8.11. The van der Waals surface area contributed by atoms with Crippen molar-refractivity contribution in [1.82, 2.24) is 0 Å². The lowest BCUT2D eigenvalue weighted by Crippen LogP contribution is -2.10. The molecule has 0 spiro atoms. The zero-order valence-electron chi connectivity index (χ0n) is 14.5. The number of hydrogen-bond donors (Lipinski definition) is 1. The highest BCUT2D eigenvalue weighted by Gasteiger charge is 2.17. The molecule has 0 aliphatic rings. The van der Waals surface area contributed by atoms with Gasteiger partial charge in [0, 0.05) is 18.1 Å². The van der Waals surface area contributed by atoms with Gasteiger partial charge in [-0.1, -0.05) is 27.7 Å². The highest BCUT2D eigenvalue weighted by molar-refractivity contribution is 5.34. The maximum atomic E-state index is 13.3. The van der Waals surface area contributed by atoms with E-state index in [0.29, 0.717) is 17.5 Å². The third-order valence-electron chi connectivity index (χ3n) is 3.03. The second-order valence-electron chi connectivity index (χ2n) is 4.54. The Bertz CT molecular complexity index is 522. The molecule has 0 saturated heterocycles. The van der Waals surface area contributed by atoms with Gasteiger partial charge in [-0.15, -0.1) is 0 Å². The van der Waals surface area contributed by atoms with Crippen LogP contribution in [-0.2, 0) is 0 Å². The van der Waals surface area contributed by atoms with Crippen LogP contribution in [-0.4, -0.2) is 6.54 Å². The second kappa shape index (κ2) is 11.6. The number of nitrogens with two attached hydrogens (primary N) is 1. The summed E-state index contributed by atoms with van der Waals surface area (Å²) in [5.74, 6) is -3.51. The largest absolute Gasteiger partial charge is 0.330 e. The lowest BCUT2D eigenvalue weighted by Gasteiger charge is -2.17. The van der Waals surface area contributed by atoms with Gasteiger partial charge in [0.05, 0.1) is 0 Å². The highest BCUT2D eigenvalue weighted by atomic mass is 19.1. The Labute approximate surface area is 141 Å². The minimum atomic E-state index is -0.737. The number of halogens is 4. The molecule has 2 aromatic carbocycles. The van der Waals surface area contributed by atoms with Crippen molar-refractivity contribution in [3.05, 3.63) is 70.8 Å². The van der Waals surface area contributed by atoms with Crippen LogP contribution in [0.1, 0.15) is 51.2 Å². The maximum Gasteiger partial charge on any atom is 0.126 e. The SMILES string of the molecule is CC.CC.NCCC(c1cc(F)cc(F)c1)c1cc(F)cc(F)c1. The van der Waals surface area contributed by atoms with Gasteiger partial charge in [0.1, 0.15) is 23.3 Å². The third-order valence-corrected chi connectivity index (χ3v) is 3.03. The van der Waals surface area contributed by atoms with Crippen molar-refractivity contribution in [2.24, 2.45) is 5.73 Å². The summed E-state index contributed by atoms with van der Waals surface area (Å²) in [7, 11) is 0. The summed E-state index contributed by atoms with van der Waals surface area (Å²) in [6.45, 7) is 8.22. The molecule has 134 valence electrons. The topological polar surface area (TPSA) is 26.0 Å². The van der Waals surface area contributed by atoms with Crippen molar-refractivity contribution < 1.29 is 17.6 Å². The van der Waals surface area contributed by atoms with Gasteiger partial charge in [-0.2, -0.15) is 0 Å². The fourth-order valence-corrected chi connectivity index (χ4v) is 2.25. The molecule has 24 heavy (non-hydrogen) atoms. The smallest absolute Gasteiger partial charge is 0.126 e. The Hall–Kier alpha value is -1.88. The third kappa shape index (κ3) is 6.71. The zero-order chi connectivity index (χ0) is 18.7. The average Bonchev–Trinajstić information content (AvgIpc) is 2.54. The molecule has 1 nitrogen and oxygen atoms in total. The summed E-state index contributed by atoms with van der Waals surface area (Å²) >= 11 is 0. The molecule has 0 bridgehead atoms. The fourth-order valence-electron chi connectivity index (χ4n) is 2.25. The van der Waals surface area contributed by atoms with E-state index in [2.05, 4.69) is 0 Å². The van der Waals surface area contributed by atoms with Crippen molar-refractivity contribution in [1.29, 1.82) is 0 Å². The van der Waals surface area contributed by atoms with Gasteiger partial charge in [0.25, 0.3) is 0 Å². The van der Waals surface area contributed by atoms with Gasteiger partial charge in [0.2, 0.25) is 0 Å². The van der Waals surface area contributed by atoms with Crippen LogP contribution in [0.3, 0.4) is 0 Å². The Morgan fingerprint density at radius 2 is 0.958 bits per heavy atom. The monoisotopic (exact) mass is 343 g/mol. The van der Waals surface area contributed by atoms with E-state index < -0.39 is 29.2 Å². The molecule has 0 amide bonds. The molecule has 2 aromatic rings. The molecule has 0 aliphatic carbocycles. The Kier molecular flexibility index (Phi) is 10.7. The van der Waals surface area contributed by atoms with E-state index in [0.717, 1.165) is 36.4 Å².